The third-order valence-electron chi connectivity index (χ3n) is 5.00. The molecule has 0 aliphatic carbocycles. The molecule has 0 aliphatic heterocycles. The number of halogens is 3. The average Bonchev–Trinajstić information content (AvgIpc) is 3.52. The second-order valence-corrected chi connectivity index (χ2v) is 8.86. The molecule has 0 saturated carbocycles. The minimum atomic E-state index is -4.30. The fraction of sp³-hybridized carbons (Fsp3) is 0.240. The van der Waals surface area contributed by atoms with E-state index in [0.717, 1.165) is 16.7 Å². The van der Waals surface area contributed by atoms with E-state index in [2.05, 4.69) is 15.3 Å². The molecule has 2 aromatic heterocycles. The van der Waals surface area contributed by atoms with Crippen LogP contribution in [0.2, 0.25) is 0 Å². The number of benzene rings is 2. The standard InChI is InChI=1S/C25H23F3N4O3S/c1-18-14-22(6-5-20(18)15-33-13-12-32-11-10-29-31-32)34-16-21-17-35-24(30-21)9-4-19-2-7-23(8-3-19)36-25(26,27)28/h2-11,14,17H,12-13,15-16H2,1H3. The van der Waals surface area contributed by atoms with Gasteiger partial charge in [0, 0.05) is 17.2 Å². The first kappa shape index (κ1) is 25.5. The van der Waals surface area contributed by atoms with Crippen molar-refractivity contribution in [2.45, 2.75) is 37.1 Å². The number of hydrogen-bond acceptors (Lipinski definition) is 7. The Hall–Kier alpha value is -3.57. The fourth-order valence-electron chi connectivity index (χ4n) is 3.18. The molecule has 0 spiro atoms. The molecule has 0 bridgehead atoms. The van der Waals surface area contributed by atoms with Crippen LogP contribution in [0, 0.1) is 6.92 Å². The summed E-state index contributed by atoms with van der Waals surface area (Å²) >= 11 is -0.144. The van der Waals surface area contributed by atoms with Crippen molar-refractivity contribution >= 4 is 23.9 Å². The predicted octanol–water partition coefficient (Wildman–Crippen LogP) is 6.15. The number of alkyl halides is 3. The third kappa shape index (κ3) is 7.99. The van der Waals surface area contributed by atoms with Gasteiger partial charge in [-0.05, 0) is 65.7 Å². The van der Waals surface area contributed by atoms with Crippen molar-refractivity contribution in [2.75, 3.05) is 6.61 Å². The highest BCUT2D eigenvalue weighted by Crippen LogP contribution is 2.36. The van der Waals surface area contributed by atoms with Gasteiger partial charge in [0.05, 0.1) is 26.0 Å². The lowest BCUT2D eigenvalue weighted by molar-refractivity contribution is -0.0328. The van der Waals surface area contributed by atoms with Crippen LogP contribution in [0.5, 0.6) is 5.75 Å². The maximum atomic E-state index is 12.4. The first-order valence-corrected chi connectivity index (χ1v) is 11.8. The molecule has 4 rings (SSSR count). The molecule has 2 aromatic carbocycles. The summed E-state index contributed by atoms with van der Waals surface area (Å²) < 4.78 is 56.0. The van der Waals surface area contributed by atoms with Gasteiger partial charge in [0.2, 0.25) is 5.89 Å². The number of rotatable bonds is 11. The van der Waals surface area contributed by atoms with Crippen LogP contribution in [0.25, 0.3) is 12.2 Å². The van der Waals surface area contributed by atoms with Gasteiger partial charge in [0.1, 0.15) is 24.3 Å². The van der Waals surface area contributed by atoms with Crippen LogP contribution in [-0.4, -0.2) is 32.1 Å². The van der Waals surface area contributed by atoms with Gasteiger partial charge < -0.3 is 13.9 Å². The number of nitrogens with zero attached hydrogens (tertiary/aromatic N) is 4. The van der Waals surface area contributed by atoms with Crippen molar-refractivity contribution in [3.05, 3.63) is 89.4 Å². The highest BCUT2D eigenvalue weighted by molar-refractivity contribution is 8.00. The van der Waals surface area contributed by atoms with E-state index in [9.17, 15) is 13.2 Å². The van der Waals surface area contributed by atoms with E-state index in [1.807, 2.05) is 25.1 Å². The normalized spacial score (nSPS) is 11.9. The third-order valence-corrected chi connectivity index (χ3v) is 5.74. The second-order valence-electron chi connectivity index (χ2n) is 7.72. The molecule has 0 saturated heterocycles. The van der Waals surface area contributed by atoms with Crippen LogP contribution in [0.4, 0.5) is 13.2 Å². The summed E-state index contributed by atoms with van der Waals surface area (Å²) in [6.07, 6.45) is 8.29. The van der Waals surface area contributed by atoms with Crippen molar-refractivity contribution < 1.29 is 27.1 Å². The van der Waals surface area contributed by atoms with Crippen LogP contribution in [0.15, 0.2) is 70.4 Å². The summed E-state index contributed by atoms with van der Waals surface area (Å²) in [5, 5.41) is 7.65. The first-order chi connectivity index (χ1) is 17.3. The van der Waals surface area contributed by atoms with Gasteiger partial charge in [-0.2, -0.15) is 13.2 Å². The number of ether oxygens (including phenoxy) is 2. The molecule has 0 amide bonds. The van der Waals surface area contributed by atoms with Crippen molar-refractivity contribution in [2.24, 2.45) is 0 Å². The highest BCUT2D eigenvalue weighted by atomic mass is 32.2. The van der Waals surface area contributed by atoms with Crippen LogP contribution in [0.3, 0.4) is 0 Å². The van der Waals surface area contributed by atoms with Crippen molar-refractivity contribution in [3.8, 4) is 5.75 Å². The zero-order chi connectivity index (χ0) is 25.4. The summed E-state index contributed by atoms with van der Waals surface area (Å²) in [5.41, 5.74) is -0.834. The first-order valence-electron chi connectivity index (χ1n) is 11.0. The topological polar surface area (TPSA) is 75.2 Å². The highest BCUT2D eigenvalue weighted by Gasteiger charge is 2.28. The lowest BCUT2D eigenvalue weighted by Crippen LogP contribution is -2.07. The quantitative estimate of drug-likeness (QED) is 0.175. The summed E-state index contributed by atoms with van der Waals surface area (Å²) in [7, 11) is 0. The van der Waals surface area contributed by atoms with E-state index in [4.69, 9.17) is 13.9 Å². The minimum Gasteiger partial charge on any atom is -0.487 e. The molecule has 0 aliphatic rings. The molecule has 0 N–H and O–H groups in total. The Bertz CT molecular complexity index is 1270. The molecular weight excluding hydrogens is 493 g/mol. The molecule has 11 heteroatoms. The van der Waals surface area contributed by atoms with E-state index in [1.54, 1.807) is 41.4 Å². The van der Waals surface area contributed by atoms with E-state index >= 15 is 0 Å². The Morgan fingerprint density at radius 3 is 2.64 bits per heavy atom. The molecular formula is C25H23F3N4O3S. The minimum absolute atomic E-state index is 0.133. The summed E-state index contributed by atoms with van der Waals surface area (Å²) in [5.74, 6) is 1.08. The zero-order valence-electron chi connectivity index (χ0n) is 19.3. The Balaban J connectivity index is 1.23. The summed E-state index contributed by atoms with van der Waals surface area (Å²) in [6, 6.07) is 11.8. The van der Waals surface area contributed by atoms with Gasteiger partial charge >= 0.3 is 5.51 Å². The number of aryl methyl sites for hydroxylation is 1. The SMILES string of the molecule is Cc1cc(OCc2coc(C=Cc3ccc(SC(F)(F)F)cc3)n2)ccc1COCCn1ccnn1. The van der Waals surface area contributed by atoms with E-state index in [-0.39, 0.29) is 23.3 Å². The molecule has 2 heterocycles. The van der Waals surface area contributed by atoms with Crippen LogP contribution in [0.1, 0.15) is 28.3 Å². The monoisotopic (exact) mass is 516 g/mol. The number of oxazole rings is 1. The van der Waals surface area contributed by atoms with E-state index in [1.165, 1.54) is 18.4 Å². The maximum absolute atomic E-state index is 12.4. The average molecular weight is 517 g/mol. The summed E-state index contributed by atoms with van der Waals surface area (Å²) in [6.45, 7) is 3.89. The van der Waals surface area contributed by atoms with E-state index < -0.39 is 5.51 Å². The largest absolute Gasteiger partial charge is 0.487 e. The Kier molecular flexibility index (Phi) is 8.44. The Labute approximate surface area is 209 Å². The van der Waals surface area contributed by atoms with Crippen LogP contribution >= 0.6 is 11.8 Å². The lowest BCUT2D eigenvalue weighted by Gasteiger charge is -2.10. The van der Waals surface area contributed by atoms with E-state index in [0.29, 0.717) is 37.1 Å². The molecule has 7 nitrogen and oxygen atoms in total. The molecule has 188 valence electrons. The molecule has 0 atom stereocenters. The number of aromatic nitrogens is 4. The molecule has 0 fully saturated rings. The lowest BCUT2D eigenvalue weighted by atomic mass is 10.1. The smallest absolute Gasteiger partial charge is 0.446 e. The molecule has 36 heavy (non-hydrogen) atoms. The molecule has 0 unspecified atom stereocenters. The van der Waals surface area contributed by atoms with Crippen molar-refractivity contribution in [3.63, 3.8) is 0 Å². The van der Waals surface area contributed by atoms with Crippen molar-refractivity contribution in [1.82, 2.24) is 20.0 Å². The van der Waals surface area contributed by atoms with Crippen molar-refractivity contribution in [1.29, 1.82) is 0 Å². The fourth-order valence-corrected chi connectivity index (χ4v) is 3.72. The van der Waals surface area contributed by atoms with Crippen LogP contribution < -0.4 is 4.74 Å². The van der Waals surface area contributed by atoms with Gasteiger partial charge in [0.15, 0.2) is 0 Å². The van der Waals surface area contributed by atoms with Gasteiger partial charge in [-0.15, -0.1) is 5.10 Å². The summed E-state index contributed by atoms with van der Waals surface area (Å²) in [4.78, 5) is 4.49. The maximum Gasteiger partial charge on any atom is 0.446 e. The Morgan fingerprint density at radius 1 is 1.08 bits per heavy atom. The number of hydrogen-bond donors (Lipinski definition) is 0. The second kappa shape index (κ2) is 11.9. The van der Waals surface area contributed by atoms with Gasteiger partial charge in [-0.25, -0.2) is 4.98 Å². The van der Waals surface area contributed by atoms with Crippen LogP contribution in [-0.2, 0) is 24.5 Å². The predicted molar refractivity (Wildman–Crippen MR) is 129 cm³/mol. The molecule has 0 radical (unpaired) electrons. The molecule has 4 aromatic rings. The zero-order valence-corrected chi connectivity index (χ0v) is 20.1. The van der Waals surface area contributed by atoms with Gasteiger partial charge in [-0.3, -0.25) is 4.68 Å². The van der Waals surface area contributed by atoms with Gasteiger partial charge in [0.25, 0.3) is 0 Å². The Morgan fingerprint density at radius 2 is 1.92 bits per heavy atom. The number of thioether (sulfide) groups is 1. The van der Waals surface area contributed by atoms with Gasteiger partial charge in [-0.1, -0.05) is 23.4 Å².